The summed E-state index contributed by atoms with van der Waals surface area (Å²) in [7, 11) is -0.337. The highest BCUT2D eigenvalue weighted by atomic mass is 16.7. The number of carbonyl (C=O) groups is 6. The molecule has 4 aromatic rings. The number of nitrogens with one attached hydrogen (secondary N) is 1. The number of nitro groups is 3. The second kappa shape index (κ2) is 26.9. The molecule has 5 aliphatic rings. The van der Waals surface area contributed by atoms with Gasteiger partial charge in [0.1, 0.15) is 81.4 Å². The standard InChI is InChI=1S/C36H51BN6O10.C5H6N4O3.C4H4N4O4.C3H5N3O/c1-20-21(13-14-37-52-26-16-22-15-25(35(22,8)9)36(26,10)53-37)11-12-24(28(20)31(45)50-33(2,3)4)49-23-17-41(18-23)30(44)29(38-32(46)51-34(5,6)7)42-19-27(39-40-42)43(47)48;1-4(10)2-8-3-5(6-7-8)9(11)12;9-4(10)2-7-1-3(5-6-7)8(11)12;1-3(7)2-5-6-4/h11-12,19,22-23,25-26,29H,13-18H2,1-10H3,(H,38,46);3H,2H2,1H3;1H,2H2,(H,9,10);2H2,1H3/t22-,25-,26+,29?,36-;;;/m0.../s1. The summed E-state index contributed by atoms with van der Waals surface area (Å²) in [6.45, 7) is 21.6. The third-order valence-corrected chi connectivity index (χ3v) is 13.5. The van der Waals surface area contributed by atoms with E-state index in [1.807, 2.05) is 13.0 Å². The van der Waals surface area contributed by atoms with Crippen LogP contribution in [0.3, 0.4) is 0 Å². The van der Waals surface area contributed by atoms with Gasteiger partial charge >= 0.3 is 42.6 Å². The van der Waals surface area contributed by atoms with E-state index in [4.69, 9.17) is 34.2 Å². The molecule has 2 saturated heterocycles. The van der Waals surface area contributed by atoms with Crippen molar-refractivity contribution < 1.29 is 72.2 Å². The number of aryl methyl sites for hydroxylation is 1. The second-order valence-electron chi connectivity index (χ2n) is 22.8. The van der Waals surface area contributed by atoms with Crippen LogP contribution in [0.2, 0.25) is 6.32 Å². The van der Waals surface area contributed by atoms with E-state index in [1.54, 1.807) is 47.6 Å². The van der Waals surface area contributed by atoms with Gasteiger partial charge in [0.15, 0.2) is 5.78 Å². The maximum atomic E-state index is 13.7. The number of rotatable bonds is 18. The third-order valence-electron chi connectivity index (χ3n) is 13.5. The predicted molar refractivity (Wildman–Crippen MR) is 287 cm³/mol. The van der Waals surface area contributed by atoms with E-state index >= 15 is 0 Å². The van der Waals surface area contributed by atoms with Crippen LogP contribution >= 0.6 is 0 Å². The monoisotopic (exact) mass is 1180 g/mol. The fourth-order valence-electron chi connectivity index (χ4n) is 9.61. The number of aromatic nitrogens is 9. The van der Waals surface area contributed by atoms with Gasteiger partial charge in [0.05, 0.1) is 47.0 Å². The molecular formula is C48H66BN17O18. The summed E-state index contributed by atoms with van der Waals surface area (Å²) < 4.78 is 33.4. The van der Waals surface area contributed by atoms with Crippen molar-refractivity contribution in [3.05, 3.63) is 88.2 Å². The third kappa shape index (κ3) is 17.5. The summed E-state index contributed by atoms with van der Waals surface area (Å²) in [4.78, 5) is 103. The summed E-state index contributed by atoms with van der Waals surface area (Å²) in [6, 6.07) is 3.69. The molecule has 2 aliphatic heterocycles. The summed E-state index contributed by atoms with van der Waals surface area (Å²) in [5.41, 5.74) is 7.93. The van der Waals surface area contributed by atoms with Crippen molar-refractivity contribution in [2.24, 2.45) is 22.4 Å². The van der Waals surface area contributed by atoms with Gasteiger partial charge in [0, 0.05) is 4.91 Å². The number of ketones is 2. The number of aliphatic carboxylic acids is 1. The average Bonchev–Trinajstić information content (AvgIpc) is 1.41. The largest absolute Gasteiger partial charge is 0.486 e. The maximum Gasteiger partial charge on any atom is 0.457 e. The van der Waals surface area contributed by atoms with E-state index < -0.39 is 80.4 Å². The zero-order chi connectivity index (χ0) is 62.8. The van der Waals surface area contributed by atoms with Crippen LogP contribution in [0.1, 0.15) is 117 Å². The van der Waals surface area contributed by atoms with Crippen LogP contribution in [0.25, 0.3) is 10.4 Å². The number of esters is 1. The Hall–Kier alpha value is -9.05. The van der Waals surface area contributed by atoms with Crippen molar-refractivity contribution in [2.75, 3.05) is 19.6 Å². The van der Waals surface area contributed by atoms with E-state index in [2.05, 4.69) is 67.1 Å². The van der Waals surface area contributed by atoms with Gasteiger partial charge in [0.2, 0.25) is 6.17 Å². The van der Waals surface area contributed by atoms with E-state index in [9.17, 15) is 59.1 Å². The van der Waals surface area contributed by atoms with Crippen LogP contribution < -0.4 is 10.1 Å². The summed E-state index contributed by atoms with van der Waals surface area (Å²) in [5, 5.41) is 65.2. The first-order chi connectivity index (χ1) is 39.0. The van der Waals surface area contributed by atoms with Crippen LogP contribution in [0.4, 0.5) is 22.2 Å². The fourth-order valence-corrected chi connectivity index (χ4v) is 9.61. The number of benzene rings is 1. The minimum atomic E-state index is -1.47. The molecule has 3 saturated carbocycles. The number of nitrogens with zero attached hydrogens (tertiary/aromatic N) is 16. The Morgan fingerprint density at radius 3 is 1.89 bits per heavy atom. The zero-order valence-corrected chi connectivity index (χ0v) is 48.3. The highest BCUT2D eigenvalue weighted by molar-refractivity contribution is 6.45. The van der Waals surface area contributed by atoms with Gasteiger partial charge in [-0.05, 0) is 150 Å². The molecular weight excluding hydrogens is 1110 g/mol. The molecule has 35 nitrogen and oxygen atoms in total. The Morgan fingerprint density at radius 2 is 1.42 bits per heavy atom. The predicted octanol–water partition coefficient (Wildman–Crippen LogP) is 4.97. The lowest BCUT2D eigenvalue weighted by molar-refractivity contribution is -0.389. The van der Waals surface area contributed by atoms with E-state index in [1.165, 1.54) is 25.2 Å². The molecule has 5 fully saturated rings. The summed E-state index contributed by atoms with van der Waals surface area (Å²) in [5.74, 6) is -2.47. The number of ether oxygens (including phenoxy) is 3. The van der Waals surface area contributed by atoms with E-state index in [0.29, 0.717) is 35.9 Å². The number of hydrogen-bond donors (Lipinski definition) is 2. The number of carboxylic acids is 1. The first kappa shape index (κ1) is 65.8. The molecule has 1 unspecified atom stereocenters. The highest BCUT2D eigenvalue weighted by Gasteiger charge is 2.67. The van der Waals surface area contributed by atoms with Gasteiger partial charge in [-0.15, -0.1) is 0 Å². The van der Waals surface area contributed by atoms with Crippen LogP contribution in [0, 0.1) is 54.5 Å². The molecule has 454 valence electrons. The Kier molecular flexibility index (Phi) is 21.1. The lowest BCUT2D eigenvalue weighted by Gasteiger charge is -2.64. The molecule has 5 atom stereocenters. The maximum absolute atomic E-state index is 13.7. The van der Waals surface area contributed by atoms with Gasteiger partial charge < -0.3 is 63.9 Å². The molecule has 0 spiro atoms. The Morgan fingerprint density at radius 1 is 0.857 bits per heavy atom. The van der Waals surface area contributed by atoms with E-state index in [-0.39, 0.29) is 67.8 Å². The normalized spacial score (nSPS) is 19.4. The number of likely N-dealkylation sites (tertiary alicyclic amines) is 1. The number of azide groups is 1. The summed E-state index contributed by atoms with van der Waals surface area (Å²) in [6.07, 6.45) is 3.65. The molecule has 9 rings (SSSR count). The highest BCUT2D eigenvalue weighted by Crippen LogP contribution is 2.65. The molecule has 2 bridgehead atoms. The Bertz CT molecular complexity index is 3110. The Labute approximate surface area is 479 Å². The van der Waals surface area contributed by atoms with Gasteiger partial charge in [-0.2, -0.15) is 4.68 Å². The number of amides is 2. The van der Waals surface area contributed by atoms with Crippen molar-refractivity contribution >= 4 is 60.1 Å². The summed E-state index contributed by atoms with van der Waals surface area (Å²) >= 11 is 0. The van der Waals surface area contributed by atoms with Crippen molar-refractivity contribution in [1.82, 2.24) is 55.2 Å². The number of alkyl carbamates (subject to hydrolysis) is 1. The molecule has 1 aromatic carbocycles. The first-order valence-corrected chi connectivity index (χ1v) is 26.0. The van der Waals surface area contributed by atoms with Gasteiger partial charge in [-0.25, -0.2) is 19.0 Å². The van der Waals surface area contributed by atoms with Crippen LogP contribution in [0.15, 0.2) is 35.8 Å². The lowest BCUT2D eigenvalue weighted by atomic mass is 9.43. The average molecular weight is 1180 g/mol. The number of hydrogen-bond acceptors (Lipinski definition) is 24. The topological polar surface area (TPSA) is 454 Å². The molecule has 5 heterocycles. The van der Waals surface area contributed by atoms with Crippen LogP contribution in [0.5, 0.6) is 5.75 Å². The Balaban J connectivity index is 0.000000335. The quantitative estimate of drug-likeness (QED) is 0.0253. The number of Topliss-reactive ketones (excluding diaryl/α,β-unsaturated/α-hetero) is 2. The minimum Gasteiger partial charge on any atom is -0.486 e. The molecule has 36 heteroatoms. The number of carbonyl (C=O) groups excluding carboxylic acids is 5. The van der Waals surface area contributed by atoms with Gasteiger partial charge in [-0.1, -0.05) is 25.0 Å². The molecule has 84 heavy (non-hydrogen) atoms. The SMILES string of the molecule is CC(=O)CN=[N+]=[N-].CC(=O)Cn1cc([N+](=O)[O-])nn1.Cc1c(CCB2O[C@@H]3C[C@@H]4C[C@@H](C4(C)C)[C@]3(C)O2)ccc(OC2CN(C(=O)C(NC(=O)OC(C)(C)C)n3cc([N+](=O)[O-])nn3)C2)c1C(=O)OC(C)(C)C.O=C(O)Cn1cc([N+](=O)[O-])nn1. The van der Waals surface area contributed by atoms with E-state index in [0.717, 1.165) is 50.2 Å². The minimum absolute atomic E-state index is 0.0147. The van der Waals surface area contributed by atoms with Gasteiger partial charge in [-0.3, -0.25) is 24.5 Å². The first-order valence-electron chi connectivity index (χ1n) is 26.0. The second-order valence-corrected chi connectivity index (χ2v) is 22.8. The molecule has 3 aliphatic carbocycles. The van der Waals surface area contributed by atoms with Crippen molar-refractivity contribution in [3.63, 3.8) is 0 Å². The fraction of sp³-hybridized carbons (Fsp3) is 0.625. The zero-order valence-electron chi connectivity index (χ0n) is 48.3. The molecule has 2 N–H and O–H groups in total. The molecule has 0 radical (unpaired) electrons. The smallest absolute Gasteiger partial charge is 0.457 e. The molecule has 2 amide bonds. The number of carboxylic acid groups (broad SMARTS) is 1. The van der Waals surface area contributed by atoms with Crippen molar-refractivity contribution in [1.29, 1.82) is 0 Å². The van der Waals surface area contributed by atoms with Crippen LogP contribution in [-0.4, -0.2) is 161 Å². The molecule has 3 aromatic heterocycles. The van der Waals surface area contributed by atoms with Gasteiger partial charge in [0.25, 0.3) is 5.91 Å². The lowest BCUT2D eigenvalue weighted by Crippen LogP contribution is -2.65. The van der Waals surface area contributed by atoms with Crippen molar-refractivity contribution in [3.8, 4) is 5.75 Å². The van der Waals surface area contributed by atoms with Crippen molar-refractivity contribution in [2.45, 2.75) is 157 Å². The van der Waals surface area contributed by atoms with Crippen LogP contribution in [-0.2, 0) is 57.5 Å².